The summed E-state index contributed by atoms with van der Waals surface area (Å²) in [5.74, 6) is 0.970. The molecule has 0 saturated heterocycles. The zero-order chi connectivity index (χ0) is 13.2. The van der Waals surface area contributed by atoms with Crippen LogP contribution < -0.4 is 5.32 Å². The fraction of sp³-hybridized carbons (Fsp3) is 0.538. The normalized spacial score (nSPS) is 10.8. The summed E-state index contributed by atoms with van der Waals surface area (Å²) in [7, 11) is 3.45. The van der Waals surface area contributed by atoms with E-state index in [0.29, 0.717) is 0 Å². The van der Waals surface area contributed by atoms with E-state index in [-0.39, 0.29) is 0 Å². The van der Waals surface area contributed by atoms with Gasteiger partial charge < -0.3 is 14.8 Å². The average Bonchev–Trinajstić information content (AvgIpc) is 2.37. The van der Waals surface area contributed by atoms with Gasteiger partial charge in [-0.05, 0) is 17.7 Å². The van der Waals surface area contributed by atoms with Gasteiger partial charge in [0.2, 0.25) is 0 Å². The Morgan fingerprint density at radius 1 is 1.22 bits per heavy atom. The van der Waals surface area contributed by atoms with Gasteiger partial charge in [-0.25, -0.2) is 0 Å². The van der Waals surface area contributed by atoms with Gasteiger partial charge in [0.05, 0.1) is 13.2 Å². The monoisotopic (exact) mass is 333 g/mol. The Kier molecular flexibility index (Phi) is 8.71. The molecule has 0 aromatic heterocycles. The Hall–Kier alpha value is -0.0700. The number of hydrogen-bond donors (Lipinski definition) is 1. The molecule has 0 bridgehead atoms. The van der Waals surface area contributed by atoms with Crippen LogP contribution in [0.2, 0.25) is 0 Å². The molecule has 5 heteroatoms. The molecule has 0 aliphatic rings. The van der Waals surface area contributed by atoms with E-state index in [0.717, 1.165) is 36.5 Å². The first kappa shape index (κ1) is 16.0. The second-order valence-corrected chi connectivity index (χ2v) is 5.82. The Morgan fingerprint density at radius 3 is 2.72 bits per heavy atom. The first-order chi connectivity index (χ1) is 8.77. The summed E-state index contributed by atoms with van der Waals surface area (Å²) in [5, 5.41) is 3.37. The summed E-state index contributed by atoms with van der Waals surface area (Å²) in [6.45, 7) is 3.25. The lowest BCUT2D eigenvalue weighted by atomic mass is 10.2. The minimum absolute atomic E-state index is 0.739. The smallest absolute Gasteiger partial charge is 0.0587 e. The third-order valence-corrected chi connectivity index (χ3v) is 3.93. The highest BCUT2D eigenvalue weighted by Gasteiger charge is 2.04. The molecule has 1 rings (SSSR count). The molecule has 0 saturated carbocycles. The number of rotatable bonds is 9. The lowest BCUT2D eigenvalue weighted by Crippen LogP contribution is -2.18. The Labute approximate surface area is 122 Å². The molecule has 0 unspecified atom stereocenters. The predicted octanol–water partition coefficient (Wildman–Crippen LogP) is 2.92. The highest BCUT2D eigenvalue weighted by atomic mass is 79.9. The standard InChI is InChI=1S/C13H20BrNO2S/c1-16-6-5-15-10-11-3-4-12(14)9-13(11)18-8-7-17-2/h3-4,9,15H,5-8,10H2,1-2H3. The van der Waals surface area contributed by atoms with Crippen LogP contribution in [0, 0.1) is 0 Å². The van der Waals surface area contributed by atoms with Crippen molar-refractivity contribution in [2.75, 3.05) is 39.7 Å². The molecule has 0 aliphatic heterocycles. The van der Waals surface area contributed by atoms with E-state index in [9.17, 15) is 0 Å². The molecule has 1 aromatic rings. The topological polar surface area (TPSA) is 30.5 Å². The maximum absolute atomic E-state index is 5.08. The van der Waals surface area contributed by atoms with Crippen LogP contribution in [-0.2, 0) is 16.0 Å². The van der Waals surface area contributed by atoms with E-state index in [4.69, 9.17) is 9.47 Å². The lowest BCUT2D eigenvalue weighted by Gasteiger charge is -2.11. The predicted molar refractivity (Wildman–Crippen MR) is 80.3 cm³/mol. The number of benzene rings is 1. The van der Waals surface area contributed by atoms with E-state index in [1.54, 1.807) is 14.2 Å². The van der Waals surface area contributed by atoms with Crippen molar-refractivity contribution in [2.24, 2.45) is 0 Å². The van der Waals surface area contributed by atoms with Crippen LogP contribution in [0.1, 0.15) is 5.56 Å². The molecular weight excluding hydrogens is 314 g/mol. The van der Waals surface area contributed by atoms with E-state index in [1.165, 1.54) is 10.5 Å². The zero-order valence-electron chi connectivity index (χ0n) is 10.9. The van der Waals surface area contributed by atoms with Gasteiger partial charge in [-0.15, -0.1) is 11.8 Å². The van der Waals surface area contributed by atoms with Gasteiger partial charge in [0, 0.05) is 42.4 Å². The number of thioether (sulfide) groups is 1. The van der Waals surface area contributed by atoms with Gasteiger partial charge in [0.25, 0.3) is 0 Å². The molecule has 0 aliphatic carbocycles. The van der Waals surface area contributed by atoms with Crippen molar-refractivity contribution in [1.29, 1.82) is 0 Å². The maximum Gasteiger partial charge on any atom is 0.0587 e. The summed E-state index contributed by atoms with van der Waals surface area (Å²) < 4.78 is 11.2. The lowest BCUT2D eigenvalue weighted by molar-refractivity contribution is 0.199. The van der Waals surface area contributed by atoms with Crippen LogP contribution in [0.25, 0.3) is 0 Å². The van der Waals surface area contributed by atoms with Gasteiger partial charge in [-0.3, -0.25) is 0 Å². The molecule has 0 spiro atoms. The van der Waals surface area contributed by atoms with Crippen LogP contribution in [0.5, 0.6) is 0 Å². The molecule has 102 valence electrons. The van der Waals surface area contributed by atoms with Gasteiger partial charge in [0.1, 0.15) is 0 Å². The molecule has 0 heterocycles. The van der Waals surface area contributed by atoms with E-state index < -0.39 is 0 Å². The molecule has 1 aromatic carbocycles. The van der Waals surface area contributed by atoms with Gasteiger partial charge in [-0.1, -0.05) is 22.0 Å². The van der Waals surface area contributed by atoms with Crippen molar-refractivity contribution in [2.45, 2.75) is 11.4 Å². The van der Waals surface area contributed by atoms with Crippen molar-refractivity contribution in [3.63, 3.8) is 0 Å². The molecule has 0 amide bonds. The van der Waals surface area contributed by atoms with Gasteiger partial charge in [0.15, 0.2) is 0 Å². The minimum atomic E-state index is 0.739. The van der Waals surface area contributed by atoms with E-state index >= 15 is 0 Å². The summed E-state index contributed by atoms with van der Waals surface area (Å²) in [6, 6.07) is 6.39. The number of nitrogens with one attached hydrogen (secondary N) is 1. The molecule has 18 heavy (non-hydrogen) atoms. The Balaban J connectivity index is 2.52. The second kappa shape index (κ2) is 9.81. The summed E-state index contributed by atoms with van der Waals surface area (Å²) in [6.07, 6.45) is 0. The van der Waals surface area contributed by atoms with Crippen LogP contribution >= 0.6 is 27.7 Å². The highest BCUT2D eigenvalue weighted by Crippen LogP contribution is 2.26. The molecule has 0 atom stereocenters. The van der Waals surface area contributed by atoms with Crippen molar-refractivity contribution in [1.82, 2.24) is 5.32 Å². The van der Waals surface area contributed by atoms with Gasteiger partial charge >= 0.3 is 0 Å². The van der Waals surface area contributed by atoms with Crippen molar-refractivity contribution in [3.05, 3.63) is 28.2 Å². The minimum Gasteiger partial charge on any atom is -0.384 e. The van der Waals surface area contributed by atoms with Crippen molar-refractivity contribution < 1.29 is 9.47 Å². The SMILES string of the molecule is COCCNCc1ccc(Br)cc1SCCOC. The fourth-order valence-electron chi connectivity index (χ4n) is 1.44. The largest absolute Gasteiger partial charge is 0.384 e. The number of ether oxygens (including phenoxy) is 2. The fourth-order valence-corrected chi connectivity index (χ4v) is 2.96. The van der Waals surface area contributed by atoms with E-state index in [1.807, 2.05) is 11.8 Å². The molecule has 3 nitrogen and oxygen atoms in total. The number of methoxy groups -OCH3 is 2. The van der Waals surface area contributed by atoms with Gasteiger partial charge in [-0.2, -0.15) is 0 Å². The third-order valence-electron chi connectivity index (χ3n) is 2.37. The van der Waals surface area contributed by atoms with Crippen LogP contribution in [0.3, 0.4) is 0 Å². The van der Waals surface area contributed by atoms with Crippen LogP contribution in [0.15, 0.2) is 27.6 Å². The quantitative estimate of drug-likeness (QED) is 0.556. The summed E-state index contributed by atoms with van der Waals surface area (Å²) in [5.41, 5.74) is 1.32. The van der Waals surface area contributed by atoms with E-state index in [2.05, 4.69) is 39.4 Å². The number of hydrogen-bond acceptors (Lipinski definition) is 4. The van der Waals surface area contributed by atoms with Crippen molar-refractivity contribution >= 4 is 27.7 Å². The first-order valence-corrected chi connectivity index (χ1v) is 7.65. The number of halogens is 1. The molecular formula is C13H20BrNO2S. The maximum atomic E-state index is 5.08. The second-order valence-electron chi connectivity index (χ2n) is 3.76. The zero-order valence-corrected chi connectivity index (χ0v) is 13.3. The summed E-state index contributed by atoms with van der Waals surface area (Å²) >= 11 is 5.34. The molecule has 0 radical (unpaired) electrons. The Bertz CT molecular complexity index is 350. The van der Waals surface area contributed by atoms with Crippen LogP contribution in [-0.4, -0.2) is 39.7 Å². The van der Waals surface area contributed by atoms with Crippen molar-refractivity contribution in [3.8, 4) is 0 Å². The highest BCUT2D eigenvalue weighted by molar-refractivity contribution is 9.10. The molecule has 0 fully saturated rings. The third kappa shape index (κ3) is 6.20. The molecule has 1 N–H and O–H groups in total. The first-order valence-electron chi connectivity index (χ1n) is 5.87. The average molecular weight is 334 g/mol. The summed E-state index contributed by atoms with van der Waals surface area (Å²) in [4.78, 5) is 1.30. The Morgan fingerprint density at radius 2 is 2.00 bits per heavy atom. The van der Waals surface area contributed by atoms with Crippen LogP contribution in [0.4, 0.5) is 0 Å².